The summed E-state index contributed by atoms with van der Waals surface area (Å²) < 4.78 is 29.4. The lowest BCUT2D eigenvalue weighted by atomic mass is 9.85. The highest BCUT2D eigenvalue weighted by molar-refractivity contribution is 7.93. The number of ketones is 2. The van der Waals surface area contributed by atoms with Gasteiger partial charge in [0, 0.05) is 28.5 Å². The van der Waals surface area contributed by atoms with E-state index in [0.717, 1.165) is 9.87 Å². The van der Waals surface area contributed by atoms with Crippen LogP contribution in [0.3, 0.4) is 0 Å². The molecule has 2 atom stereocenters. The van der Waals surface area contributed by atoms with Crippen LogP contribution in [0.2, 0.25) is 5.02 Å². The molecule has 7 heteroatoms. The number of carbonyl (C=O) groups is 2. The van der Waals surface area contributed by atoms with Gasteiger partial charge in [-0.05, 0) is 36.8 Å². The first-order valence-electron chi connectivity index (χ1n) is 11.9. The number of anilines is 1. The second-order valence-corrected chi connectivity index (χ2v) is 11.3. The number of hydrogen-bond acceptors (Lipinski definition) is 4. The molecular formula is C30H24ClNO4S. The number of aryl methyl sites for hydroxylation is 1. The average Bonchev–Trinajstić information content (AvgIpc) is 3.23. The van der Waals surface area contributed by atoms with Crippen LogP contribution < -0.4 is 4.31 Å². The topological polar surface area (TPSA) is 71.5 Å². The van der Waals surface area contributed by atoms with E-state index in [2.05, 4.69) is 0 Å². The van der Waals surface area contributed by atoms with E-state index in [1.165, 1.54) is 12.1 Å². The summed E-state index contributed by atoms with van der Waals surface area (Å²) in [7, 11) is -4.18. The van der Waals surface area contributed by atoms with Gasteiger partial charge in [0.2, 0.25) is 0 Å². The summed E-state index contributed by atoms with van der Waals surface area (Å²) in [5.74, 6) is -1.26. The molecule has 4 aromatic carbocycles. The molecule has 1 aliphatic rings. The summed E-state index contributed by atoms with van der Waals surface area (Å²) in [6, 6.07) is 27.6. The molecule has 0 saturated heterocycles. The number of halogens is 1. The van der Waals surface area contributed by atoms with E-state index in [-0.39, 0.29) is 22.9 Å². The maximum Gasteiger partial charge on any atom is 0.265 e. The molecule has 0 fully saturated rings. The first-order valence-corrected chi connectivity index (χ1v) is 13.7. The van der Waals surface area contributed by atoms with Gasteiger partial charge in [-0.15, -0.1) is 0 Å². The molecule has 5 nitrogen and oxygen atoms in total. The Bertz CT molecular complexity index is 1570. The molecule has 0 amide bonds. The molecular weight excluding hydrogens is 506 g/mol. The molecule has 0 saturated carbocycles. The van der Waals surface area contributed by atoms with E-state index < -0.39 is 22.0 Å². The minimum absolute atomic E-state index is 0.0399. The van der Waals surface area contributed by atoms with Gasteiger partial charge in [0.25, 0.3) is 10.0 Å². The fourth-order valence-electron chi connectivity index (χ4n) is 4.83. The molecule has 37 heavy (non-hydrogen) atoms. The van der Waals surface area contributed by atoms with Crippen molar-refractivity contribution in [3.63, 3.8) is 0 Å². The third kappa shape index (κ3) is 4.70. The van der Waals surface area contributed by atoms with Crippen LogP contribution in [0, 0.1) is 6.92 Å². The van der Waals surface area contributed by atoms with Gasteiger partial charge in [-0.1, -0.05) is 96.0 Å². The van der Waals surface area contributed by atoms with Crippen molar-refractivity contribution >= 4 is 38.9 Å². The summed E-state index contributed by atoms with van der Waals surface area (Å²) in [6.07, 6.45) is -0.0399. The van der Waals surface area contributed by atoms with Crippen molar-refractivity contribution < 1.29 is 18.0 Å². The average molecular weight is 530 g/mol. The molecule has 4 aromatic rings. The van der Waals surface area contributed by atoms with Gasteiger partial charge in [0.05, 0.1) is 10.6 Å². The Morgan fingerprint density at radius 3 is 2.03 bits per heavy atom. The molecule has 0 aliphatic carbocycles. The Balaban J connectivity index is 1.69. The fraction of sp³-hybridized carbons (Fsp3) is 0.133. The lowest BCUT2D eigenvalue weighted by molar-refractivity contribution is 0.0930. The van der Waals surface area contributed by atoms with Gasteiger partial charge in [-0.25, -0.2) is 8.42 Å². The van der Waals surface area contributed by atoms with Crippen LogP contribution in [-0.4, -0.2) is 26.0 Å². The highest BCUT2D eigenvalue weighted by Crippen LogP contribution is 2.48. The van der Waals surface area contributed by atoms with Crippen LogP contribution in [0.1, 0.15) is 44.2 Å². The predicted octanol–water partition coefficient (Wildman–Crippen LogP) is 6.47. The number of nitrogens with zero attached hydrogens (tertiary/aromatic N) is 1. The zero-order valence-corrected chi connectivity index (χ0v) is 21.6. The monoisotopic (exact) mass is 529 g/mol. The molecule has 0 aromatic heterocycles. The van der Waals surface area contributed by atoms with Crippen LogP contribution in [0.4, 0.5) is 5.69 Å². The molecule has 5 rings (SSSR count). The van der Waals surface area contributed by atoms with E-state index in [1.807, 2.05) is 13.0 Å². The number of carbonyl (C=O) groups excluding carboxylic acids is 2. The van der Waals surface area contributed by atoms with E-state index in [1.54, 1.807) is 84.9 Å². The third-order valence-corrected chi connectivity index (χ3v) is 8.71. The zero-order chi connectivity index (χ0) is 26.2. The lowest BCUT2D eigenvalue weighted by Gasteiger charge is -2.29. The molecule has 0 bridgehead atoms. The first kappa shape index (κ1) is 24.9. The lowest BCUT2D eigenvalue weighted by Crippen LogP contribution is -2.45. The summed E-state index contributed by atoms with van der Waals surface area (Å²) in [5.41, 5.74) is 2.69. The molecule has 186 valence electrons. The SMILES string of the molecule is Cc1ccc(S(=O)(=O)N2c3cc(Cl)ccc3[C@@H](CC(=O)c3ccccc3)[C@H]2C(=O)c2ccccc2)cc1. The van der Waals surface area contributed by atoms with Crippen molar-refractivity contribution in [2.45, 2.75) is 30.2 Å². The van der Waals surface area contributed by atoms with Crippen LogP contribution in [-0.2, 0) is 10.0 Å². The zero-order valence-electron chi connectivity index (χ0n) is 20.0. The minimum Gasteiger partial charge on any atom is -0.294 e. The van der Waals surface area contributed by atoms with Gasteiger partial charge >= 0.3 is 0 Å². The maximum absolute atomic E-state index is 14.1. The van der Waals surface area contributed by atoms with Crippen LogP contribution >= 0.6 is 11.6 Å². The number of Topliss-reactive ketones (excluding diaryl/α,β-unsaturated/α-hetero) is 2. The Labute approximate surface area is 221 Å². The normalized spacial score (nSPS) is 16.9. The Kier molecular flexibility index (Phi) is 6.71. The quantitative estimate of drug-likeness (QED) is 0.257. The van der Waals surface area contributed by atoms with Gasteiger partial charge in [0.1, 0.15) is 6.04 Å². The molecule has 0 radical (unpaired) electrons. The fourth-order valence-corrected chi connectivity index (χ4v) is 6.67. The summed E-state index contributed by atoms with van der Waals surface area (Å²) in [4.78, 5) is 27.4. The molecule has 0 unspecified atom stereocenters. The van der Waals surface area contributed by atoms with E-state index in [9.17, 15) is 18.0 Å². The molecule has 0 spiro atoms. The number of benzene rings is 4. The number of rotatable bonds is 7. The van der Waals surface area contributed by atoms with Crippen molar-refractivity contribution in [2.24, 2.45) is 0 Å². The first-order chi connectivity index (χ1) is 17.8. The van der Waals surface area contributed by atoms with Gasteiger partial charge < -0.3 is 0 Å². The minimum atomic E-state index is -4.18. The largest absolute Gasteiger partial charge is 0.294 e. The molecule has 0 N–H and O–H groups in total. The van der Waals surface area contributed by atoms with E-state index in [0.29, 0.717) is 27.4 Å². The molecule has 1 aliphatic heterocycles. The second kappa shape index (κ2) is 9.96. The summed E-state index contributed by atoms with van der Waals surface area (Å²) in [5, 5.41) is 0.337. The van der Waals surface area contributed by atoms with E-state index in [4.69, 9.17) is 11.6 Å². The summed E-state index contributed by atoms with van der Waals surface area (Å²) >= 11 is 6.33. The third-order valence-electron chi connectivity index (χ3n) is 6.67. The number of sulfonamides is 1. The molecule has 1 heterocycles. The van der Waals surface area contributed by atoms with Crippen molar-refractivity contribution in [2.75, 3.05) is 4.31 Å². The van der Waals surface area contributed by atoms with Crippen LogP contribution in [0.15, 0.2) is 108 Å². The Hall–Kier alpha value is -3.74. The van der Waals surface area contributed by atoms with Crippen molar-refractivity contribution in [1.29, 1.82) is 0 Å². The maximum atomic E-state index is 14.1. The standard InChI is InChI=1S/C30H24ClNO4S/c1-20-12-15-24(16-13-20)37(35,36)32-27-18-23(31)14-17-25(27)26(19-28(33)21-8-4-2-5-9-21)29(32)30(34)22-10-6-3-7-11-22/h2-18,26,29H,19H2,1H3/t26-,29+/m1/s1. The summed E-state index contributed by atoms with van der Waals surface area (Å²) in [6.45, 7) is 1.87. The van der Waals surface area contributed by atoms with Crippen LogP contribution in [0.25, 0.3) is 0 Å². The van der Waals surface area contributed by atoms with Gasteiger partial charge in [-0.2, -0.15) is 0 Å². The number of fused-ring (bicyclic) bond motifs is 1. The highest BCUT2D eigenvalue weighted by atomic mass is 35.5. The highest BCUT2D eigenvalue weighted by Gasteiger charge is 2.49. The predicted molar refractivity (Wildman–Crippen MR) is 145 cm³/mol. The number of hydrogen-bond donors (Lipinski definition) is 0. The van der Waals surface area contributed by atoms with Crippen molar-refractivity contribution in [1.82, 2.24) is 0 Å². The second-order valence-electron chi connectivity index (χ2n) is 9.09. The van der Waals surface area contributed by atoms with Crippen molar-refractivity contribution in [3.05, 3.63) is 130 Å². The Morgan fingerprint density at radius 2 is 1.41 bits per heavy atom. The van der Waals surface area contributed by atoms with Gasteiger partial charge in [0.15, 0.2) is 11.6 Å². The van der Waals surface area contributed by atoms with Gasteiger partial charge in [-0.3, -0.25) is 13.9 Å². The van der Waals surface area contributed by atoms with E-state index >= 15 is 0 Å². The smallest absolute Gasteiger partial charge is 0.265 e. The van der Waals surface area contributed by atoms with Crippen LogP contribution in [0.5, 0.6) is 0 Å². The Morgan fingerprint density at radius 1 is 0.811 bits per heavy atom. The van der Waals surface area contributed by atoms with Crippen molar-refractivity contribution in [3.8, 4) is 0 Å².